The van der Waals surface area contributed by atoms with E-state index >= 15 is 0 Å². The zero-order chi connectivity index (χ0) is 17.6. The molecule has 1 aromatic carbocycles. The number of fused-ring (bicyclic) bond motifs is 1. The van der Waals surface area contributed by atoms with Gasteiger partial charge < -0.3 is 9.73 Å². The van der Waals surface area contributed by atoms with E-state index < -0.39 is 0 Å². The molecule has 25 heavy (non-hydrogen) atoms. The molecule has 1 fully saturated rings. The summed E-state index contributed by atoms with van der Waals surface area (Å²) in [6.45, 7) is 2.20. The van der Waals surface area contributed by atoms with Crippen molar-refractivity contribution in [1.29, 1.82) is 0 Å². The number of carbonyl (C=O) groups is 1. The molecule has 1 amide bonds. The van der Waals surface area contributed by atoms with Gasteiger partial charge in [-0.25, -0.2) is 4.98 Å². The van der Waals surface area contributed by atoms with Gasteiger partial charge in [0.25, 0.3) is 5.91 Å². The molecule has 2 heterocycles. The maximum Gasteiger partial charge on any atom is 0.287 e. The van der Waals surface area contributed by atoms with Gasteiger partial charge in [0.2, 0.25) is 0 Å². The normalized spacial score (nSPS) is 22.8. The molecule has 0 bridgehead atoms. The van der Waals surface area contributed by atoms with E-state index in [2.05, 4.69) is 12.2 Å². The summed E-state index contributed by atoms with van der Waals surface area (Å²) in [5.74, 6) is 0.219. The molecular formula is C18H17ClN2O2S2. The molecule has 3 aromatic rings. The number of nitrogens with one attached hydrogen (secondary N) is 1. The van der Waals surface area contributed by atoms with Gasteiger partial charge in [0, 0.05) is 16.5 Å². The average molecular weight is 393 g/mol. The van der Waals surface area contributed by atoms with Crippen molar-refractivity contribution < 1.29 is 9.21 Å². The molecule has 0 unspecified atom stereocenters. The second kappa shape index (κ2) is 6.34. The van der Waals surface area contributed by atoms with Crippen molar-refractivity contribution in [2.45, 2.75) is 36.3 Å². The third-order valence-electron chi connectivity index (χ3n) is 4.60. The summed E-state index contributed by atoms with van der Waals surface area (Å²) in [7, 11) is 0. The van der Waals surface area contributed by atoms with Crippen LogP contribution >= 0.6 is 34.7 Å². The van der Waals surface area contributed by atoms with Gasteiger partial charge in [-0.1, -0.05) is 30.3 Å². The van der Waals surface area contributed by atoms with Crippen LogP contribution in [0, 0.1) is 0 Å². The Balaban J connectivity index is 1.43. The zero-order valence-corrected chi connectivity index (χ0v) is 16.2. The molecule has 0 spiro atoms. The number of nitrogens with zero attached hydrogens (tertiary/aromatic N) is 1. The lowest BCUT2D eigenvalue weighted by atomic mass is 9.67. The van der Waals surface area contributed by atoms with E-state index in [9.17, 15) is 4.79 Å². The first-order chi connectivity index (χ1) is 12.0. The van der Waals surface area contributed by atoms with Crippen molar-refractivity contribution in [2.75, 3.05) is 6.26 Å². The summed E-state index contributed by atoms with van der Waals surface area (Å²) in [4.78, 5) is 17.0. The van der Waals surface area contributed by atoms with E-state index in [-0.39, 0.29) is 17.4 Å². The van der Waals surface area contributed by atoms with E-state index in [4.69, 9.17) is 21.0 Å². The minimum Gasteiger partial charge on any atom is -0.445 e. The number of benzene rings is 1. The number of aromatic nitrogens is 1. The van der Waals surface area contributed by atoms with Crippen LogP contribution in [0.4, 0.5) is 0 Å². The maximum absolute atomic E-state index is 12.3. The first kappa shape index (κ1) is 16.9. The van der Waals surface area contributed by atoms with E-state index in [1.54, 1.807) is 17.4 Å². The maximum atomic E-state index is 12.3. The third kappa shape index (κ3) is 3.18. The van der Waals surface area contributed by atoms with Gasteiger partial charge in [-0.15, -0.1) is 11.3 Å². The molecule has 1 aliphatic carbocycles. The van der Waals surface area contributed by atoms with Gasteiger partial charge >= 0.3 is 0 Å². The molecule has 4 rings (SSSR count). The van der Waals surface area contributed by atoms with Crippen LogP contribution in [-0.4, -0.2) is 23.2 Å². The minimum absolute atomic E-state index is 0.00169. The largest absolute Gasteiger partial charge is 0.445 e. The van der Waals surface area contributed by atoms with E-state index in [1.807, 2.05) is 30.5 Å². The molecule has 0 saturated heterocycles. The fraction of sp³-hybridized carbons (Fsp3) is 0.333. The molecule has 7 heteroatoms. The summed E-state index contributed by atoms with van der Waals surface area (Å²) in [6, 6.07) is 9.49. The van der Waals surface area contributed by atoms with Crippen LogP contribution < -0.4 is 5.32 Å². The highest BCUT2D eigenvalue weighted by molar-refractivity contribution is 7.98. The fourth-order valence-corrected chi connectivity index (χ4v) is 4.93. The van der Waals surface area contributed by atoms with Crippen molar-refractivity contribution in [3.63, 3.8) is 0 Å². The van der Waals surface area contributed by atoms with Crippen LogP contribution in [0.15, 0.2) is 39.8 Å². The van der Waals surface area contributed by atoms with Gasteiger partial charge in [-0.2, -0.15) is 0 Å². The number of thiazole rings is 1. The van der Waals surface area contributed by atoms with Gasteiger partial charge in [0.15, 0.2) is 10.9 Å². The second-order valence-electron chi connectivity index (χ2n) is 6.59. The average Bonchev–Trinajstić information content (AvgIpc) is 3.19. The lowest BCUT2D eigenvalue weighted by Crippen LogP contribution is -2.51. The number of halogens is 1. The smallest absolute Gasteiger partial charge is 0.287 e. The zero-order valence-electron chi connectivity index (χ0n) is 13.8. The Labute approximate surface area is 159 Å². The van der Waals surface area contributed by atoms with Gasteiger partial charge in [-0.05, 0) is 49.4 Å². The lowest BCUT2D eigenvalue weighted by molar-refractivity contribution is 0.0841. The molecular weight excluding hydrogens is 376 g/mol. The Kier molecular flexibility index (Phi) is 4.30. The van der Waals surface area contributed by atoms with E-state index in [0.29, 0.717) is 10.8 Å². The molecule has 1 aliphatic rings. The molecule has 4 nitrogen and oxygen atoms in total. The van der Waals surface area contributed by atoms with Gasteiger partial charge in [-0.3, -0.25) is 4.79 Å². The number of hydrogen-bond donors (Lipinski definition) is 1. The summed E-state index contributed by atoms with van der Waals surface area (Å²) in [5.41, 5.74) is 0.947. The summed E-state index contributed by atoms with van der Waals surface area (Å²) >= 11 is 9.24. The number of hydrogen-bond acceptors (Lipinski definition) is 5. The van der Waals surface area contributed by atoms with Crippen molar-refractivity contribution >= 4 is 50.8 Å². The molecule has 1 N–H and O–H groups in total. The summed E-state index contributed by atoms with van der Waals surface area (Å²) in [5, 5.41) is 5.61. The quantitative estimate of drug-likeness (QED) is 0.626. The summed E-state index contributed by atoms with van der Waals surface area (Å²) in [6.07, 6.45) is 3.67. The van der Waals surface area contributed by atoms with Crippen molar-refractivity contribution in [3.8, 4) is 0 Å². The Morgan fingerprint density at radius 1 is 1.40 bits per heavy atom. The van der Waals surface area contributed by atoms with Crippen LogP contribution in [0.3, 0.4) is 0 Å². The van der Waals surface area contributed by atoms with Crippen LogP contribution in [0.5, 0.6) is 0 Å². The van der Waals surface area contributed by atoms with E-state index in [1.165, 1.54) is 11.8 Å². The Hall–Kier alpha value is -1.50. The summed E-state index contributed by atoms with van der Waals surface area (Å²) < 4.78 is 6.63. The standard InChI is InChI=1S/C18H17ClN2O2S2/c1-18(17-21-12-7-10(19)3-5-14(12)25-17)8-11(9-18)20-16(22)13-4-6-15(23-13)24-2/h3-7,11H,8-9H2,1-2H3,(H,20,22). The molecule has 1 saturated carbocycles. The van der Waals surface area contributed by atoms with Gasteiger partial charge in [0.1, 0.15) is 0 Å². The first-order valence-corrected chi connectivity index (χ1v) is 10.4. The molecule has 2 aromatic heterocycles. The number of furan rings is 1. The van der Waals surface area contributed by atoms with Crippen molar-refractivity contribution in [2.24, 2.45) is 0 Å². The SMILES string of the molecule is CSc1ccc(C(=O)NC2CC(C)(c3nc4cc(Cl)ccc4s3)C2)o1. The topological polar surface area (TPSA) is 55.1 Å². The number of amides is 1. The number of thioether (sulfide) groups is 1. The lowest BCUT2D eigenvalue weighted by Gasteiger charge is -2.43. The fourth-order valence-electron chi connectivity index (χ4n) is 3.27. The predicted octanol–water partition coefficient (Wildman–Crippen LogP) is 5.11. The number of carbonyl (C=O) groups excluding carboxylic acids is 1. The number of rotatable bonds is 4. The Morgan fingerprint density at radius 3 is 2.92 bits per heavy atom. The third-order valence-corrected chi connectivity index (χ3v) is 6.80. The Morgan fingerprint density at radius 2 is 2.20 bits per heavy atom. The van der Waals surface area contributed by atoms with Gasteiger partial charge in [0.05, 0.1) is 15.2 Å². The van der Waals surface area contributed by atoms with Crippen molar-refractivity contribution in [1.82, 2.24) is 10.3 Å². The van der Waals surface area contributed by atoms with E-state index in [0.717, 1.165) is 33.2 Å². The molecule has 130 valence electrons. The van der Waals surface area contributed by atoms with Crippen LogP contribution in [0.25, 0.3) is 10.2 Å². The molecule has 0 radical (unpaired) electrons. The van der Waals surface area contributed by atoms with Crippen LogP contribution in [0.1, 0.15) is 35.3 Å². The highest BCUT2D eigenvalue weighted by Gasteiger charge is 2.44. The van der Waals surface area contributed by atoms with Crippen LogP contribution in [-0.2, 0) is 5.41 Å². The van der Waals surface area contributed by atoms with Crippen LogP contribution in [0.2, 0.25) is 5.02 Å². The Bertz CT molecular complexity index is 944. The second-order valence-corrected chi connectivity index (χ2v) is 8.87. The molecule has 0 atom stereocenters. The first-order valence-electron chi connectivity index (χ1n) is 7.98. The predicted molar refractivity (Wildman–Crippen MR) is 103 cm³/mol. The highest BCUT2D eigenvalue weighted by Crippen LogP contribution is 2.46. The monoisotopic (exact) mass is 392 g/mol. The molecule has 0 aliphatic heterocycles. The highest BCUT2D eigenvalue weighted by atomic mass is 35.5. The van der Waals surface area contributed by atoms with Crippen molar-refractivity contribution in [3.05, 3.63) is 46.1 Å². The minimum atomic E-state index is -0.150.